The van der Waals surface area contributed by atoms with Crippen molar-refractivity contribution >= 4 is 38.4 Å². The first-order valence-electron chi connectivity index (χ1n) is 6.94. The average Bonchev–Trinajstić information content (AvgIpc) is 3.09. The van der Waals surface area contributed by atoms with E-state index < -0.39 is 5.91 Å². The Morgan fingerprint density at radius 1 is 1.22 bits per heavy atom. The zero-order valence-electron chi connectivity index (χ0n) is 12.1. The molecule has 6 heteroatoms. The summed E-state index contributed by atoms with van der Waals surface area (Å²) >= 11 is 1.26. The maximum Gasteiger partial charge on any atom is 0.315 e. The highest BCUT2D eigenvalue weighted by Gasteiger charge is 2.12. The number of benzene rings is 2. The number of aryl methyl sites for hydroxylation is 1. The molecule has 0 aliphatic rings. The van der Waals surface area contributed by atoms with E-state index in [-0.39, 0.29) is 11.6 Å². The number of hydrogen-bond acceptors (Lipinski definition) is 3. The molecule has 0 N–H and O–H groups in total. The van der Waals surface area contributed by atoms with Crippen LogP contribution in [-0.4, -0.2) is 10.5 Å². The van der Waals surface area contributed by atoms with Gasteiger partial charge in [0.05, 0.1) is 10.2 Å². The summed E-state index contributed by atoms with van der Waals surface area (Å²) in [5.74, 6) is -0.576. The van der Waals surface area contributed by atoms with Crippen molar-refractivity contribution in [2.24, 2.45) is 12.0 Å². The minimum Gasteiger partial charge on any atom is -0.451 e. The fraction of sp³-hybridized carbons (Fsp3) is 0.0588. The monoisotopic (exact) mass is 326 g/mol. The second kappa shape index (κ2) is 5.17. The number of aromatic nitrogens is 1. The number of para-hydroxylation sites is 1. The first-order chi connectivity index (χ1) is 11.1. The zero-order chi connectivity index (χ0) is 16.0. The summed E-state index contributed by atoms with van der Waals surface area (Å²) in [6, 6.07) is 13.6. The Morgan fingerprint density at radius 3 is 2.87 bits per heavy atom. The van der Waals surface area contributed by atoms with Gasteiger partial charge in [0.1, 0.15) is 11.4 Å². The largest absolute Gasteiger partial charge is 0.451 e. The van der Waals surface area contributed by atoms with Crippen molar-refractivity contribution in [3.05, 3.63) is 64.9 Å². The van der Waals surface area contributed by atoms with Crippen LogP contribution in [-0.2, 0) is 7.05 Å². The number of halogens is 1. The summed E-state index contributed by atoms with van der Waals surface area (Å²) in [7, 11) is 1.79. The predicted molar refractivity (Wildman–Crippen MR) is 86.9 cm³/mol. The minimum atomic E-state index is -0.455. The molecule has 0 unspecified atom stereocenters. The zero-order valence-corrected chi connectivity index (χ0v) is 12.9. The lowest BCUT2D eigenvalue weighted by Gasteiger charge is -1.94. The summed E-state index contributed by atoms with van der Waals surface area (Å²) in [5, 5.41) is 0.855. The first-order valence-corrected chi connectivity index (χ1v) is 7.76. The summed E-state index contributed by atoms with van der Waals surface area (Å²) < 4.78 is 21.3. The number of hydrogen-bond donors (Lipinski definition) is 0. The third-order valence-corrected chi connectivity index (χ3v) is 4.70. The summed E-state index contributed by atoms with van der Waals surface area (Å²) in [4.78, 5) is 17.0. The molecule has 0 fully saturated rings. The van der Waals surface area contributed by atoms with Crippen LogP contribution in [0.25, 0.3) is 21.2 Å². The number of rotatable bonds is 1. The molecule has 0 spiro atoms. The number of carbonyl (C=O) groups excluding carboxylic acids is 1. The van der Waals surface area contributed by atoms with Gasteiger partial charge in [-0.25, -0.2) is 4.39 Å². The molecule has 1 amide bonds. The molecule has 0 atom stereocenters. The van der Waals surface area contributed by atoms with E-state index in [2.05, 4.69) is 4.99 Å². The minimum absolute atomic E-state index is 0.190. The van der Waals surface area contributed by atoms with Crippen LogP contribution in [0, 0.1) is 5.82 Å². The molecule has 2 heterocycles. The van der Waals surface area contributed by atoms with Crippen LogP contribution in [0.1, 0.15) is 10.6 Å². The highest BCUT2D eigenvalue weighted by molar-refractivity contribution is 7.16. The Bertz CT molecular complexity index is 1090. The molecule has 2 aromatic carbocycles. The van der Waals surface area contributed by atoms with Gasteiger partial charge < -0.3 is 8.98 Å². The van der Waals surface area contributed by atoms with E-state index in [1.54, 1.807) is 29.8 Å². The number of thiazole rings is 1. The summed E-state index contributed by atoms with van der Waals surface area (Å²) in [5.41, 5.74) is 1.47. The van der Waals surface area contributed by atoms with Crippen LogP contribution in [0.5, 0.6) is 0 Å². The van der Waals surface area contributed by atoms with Gasteiger partial charge in [-0.1, -0.05) is 29.5 Å². The van der Waals surface area contributed by atoms with E-state index in [4.69, 9.17) is 4.42 Å². The van der Waals surface area contributed by atoms with Crippen LogP contribution in [0.4, 0.5) is 4.39 Å². The molecule has 0 bridgehead atoms. The van der Waals surface area contributed by atoms with Crippen molar-refractivity contribution in [3.63, 3.8) is 0 Å². The quantitative estimate of drug-likeness (QED) is 0.533. The molecule has 0 saturated carbocycles. The normalized spacial score (nSPS) is 12.3. The van der Waals surface area contributed by atoms with Crippen molar-refractivity contribution in [1.82, 2.24) is 4.57 Å². The Morgan fingerprint density at radius 2 is 2.04 bits per heavy atom. The first kappa shape index (κ1) is 13.9. The van der Waals surface area contributed by atoms with Crippen molar-refractivity contribution in [1.29, 1.82) is 0 Å². The second-order valence-electron chi connectivity index (χ2n) is 5.12. The summed E-state index contributed by atoms with van der Waals surface area (Å²) in [6.07, 6.45) is 0. The molecule has 4 nitrogen and oxygen atoms in total. The standard InChI is InChI=1S/C17H11FN2O2S/c1-20-12-7-6-11(18)9-15(12)23-17(20)19-16(21)14-8-10-4-2-3-5-13(10)22-14/h2-9H,1H3. The van der Waals surface area contributed by atoms with E-state index in [0.29, 0.717) is 10.4 Å². The van der Waals surface area contributed by atoms with Gasteiger partial charge in [-0.3, -0.25) is 4.79 Å². The lowest BCUT2D eigenvalue weighted by atomic mass is 10.2. The van der Waals surface area contributed by atoms with E-state index in [0.717, 1.165) is 15.6 Å². The maximum absolute atomic E-state index is 13.3. The maximum atomic E-state index is 13.3. The molecular formula is C17H11FN2O2S. The SMILES string of the molecule is Cn1c(=NC(=O)c2cc3ccccc3o2)sc2cc(F)ccc21. The number of nitrogens with zero attached hydrogens (tertiary/aromatic N) is 2. The Kier molecular flexibility index (Phi) is 3.12. The predicted octanol–water partition coefficient (Wildman–Crippen LogP) is 3.87. The third kappa shape index (κ3) is 2.37. The van der Waals surface area contributed by atoms with E-state index in [9.17, 15) is 9.18 Å². The number of carbonyl (C=O) groups is 1. The lowest BCUT2D eigenvalue weighted by molar-refractivity contribution is 0.0973. The fourth-order valence-electron chi connectivity index (χ4n) is 2.44. The van der Waals surface area contributed by atoms with Crippen molar-refractivity contribution in [2.75, 3.05) is 0 Å². The van der Waals surface area contributed by atoms with Gasteiger partial charge in [-0.2, -0.15) is 4.99 Å². The summed E-state index contributed by atoms with van der Waals surface area (Å²) in [6.45, 7) is 0. The molecule has 23 heavy (non-hydrogen) atoms. The highest BCUT2D eigenvalue weighted by Crippen LogP contribution is 2.20. The van der Waals surface area contributed by atoms with Crippen LogP contribution < -0.4 is 4.80 Å². The molecular weight excluding hydrogens is 315 g/mol. The van der Waals surface area contributed by atoms with E-state index in [1.165, 1.54) is 23.5 Å². The Balaban J connectivity index is 1.83. The van der Waals surface area contributed by atoms with Crippen molar-refractivity contribution < 1.29 is 13.6 Å². The van der Waals surface area contributed by atoms with Gasteiger partial charge in [-0.05, 0) is 30.3 Å². The molecule has 4 aromatic rings. The highest BCUT2D eigenvalue weighted by atomic mass is 32.1. The van der Waals surface area contributed by atoms with Crippen molar-refractivity contribution in [3.8, 4) is 0 Å². The van der Waals surface area contributed by atoms with Crippen LogP contribution in [0.2, 0.25) is 0 Å². The van der Waals surface area contributed by atoms with E-state index >= 15 is 0 Å². The number of amides is 1. The lowest BCUT2D eigenvalue weighted by Crippen LogP contribution is -2.12. The second-order valence-corrected chi connectivity index (χ2v) is 6.13. The third-order valence-electron chi connectivity index (χ3n) is 3.60. The Hall–Kier alpha value is -2.73. The molecule has 2 aromatic heterocycles. The molecule has 0 saturated heterocycles. The van der Waals surface area contributed by atoms with Gasteiger partial charge in [0.2, 0.25) is 0 Å². The van der Waals surface area contributed by atoms with Gasteiger partial charge in [0.15, 0.2) is 10.6 Å². The Labute approximate surface area is 134 Å². The van der Waals surface area contributed by atoms with Gasteiger partial charge in [0, 0.05) is 12.4 Å². The van der Waals surface area contributed by atoms with Crippen LogP contribution >= 0.6 is 11.3 Å². The van der Waals surface area contributed by atoms with Gasteiger partial charge in [0.25, 0.3) is 0 Å². The van der Waals surface area contributed by atoms with E-state index in [1.807, 2.05) is 18.2 Å². The molecule has 114 valence electrons. The molecule has 0 radical (unpaired) electrons. The average molecular weight is 326 g/mol. The molecule has 4 rings (SSSR count). The van der Waals surface area contributed by atoms with Crippen LogP contribution in [0.3, 0.4) is 0 Å². The topological polar surface area (TPSA) is 47.5 Å². The molecule has 0 aliphatic heterocycles. The fourth-order valence-corrected chi connectivity index (χ4v) is 3.49. The van der Waals surface area contributed by atoms with Gasteiger partial charge in [-0.15, -0.1) is 0 Å². The number of fused-ring (bicyclic) bond motifs is 2. The van der Waals surface area contributed by atoms with Crippen LogP contribution in [0.15, 0.2) is 57.9 Å². The van der Waals surface area contributed by atoms with Gasteiger partial charge >= 0.3 is 5.91 Å². The smallest absolute Gasteiger partial charge is 0.315 e. The number of furan rings is 1. The van der Waals surface area contributed by atoms with Crippen molar-refractivity contribution in [2.45, 2.75) is 0 Å². The molecule has 0 aliphatic carbocycles.